The minimum atomic E-state index is -0.566. The van der Waals surface area contributed by atoms with Gasteiger partial charge >= 0.3 is 0 Å². The minimum Gasteiger partial charge on any atom is -0.506 e. The lowest BCUT2D eigenvalue weighted by Crippen LogP contribution is -2.30. The van der Waals surface area contributed by atoms with Crippen molar-refractivity contribution < 1.29 is 19.5 Å². The van der Waals surface area contributed by atoms with E-state index >= 15 is 0 Å². The number of fused-ring (bicyclic) bond motifs is 4. The van der Waals surface area contributed by atoms with Crippen LogP contribution in [0.15, 0.2) is 164 Å². The van der Waals surface area contributed by atoms with E-state index < -0.39 is 11.8 Å². The van der Waals surface area contributed by atoms with Crippen LogP contribution in [0.4, 0.5) is 5.69 Å². The fraction of sp³-hybridized carbons (Fsp3) is 0. The molecule has 2 heterocycles. The van der Waals surface area contributed by atoms with E-state index in [1.807, 2.05) is 126 Å². The van der Waals surface area contributed by atoms with E-state index in [1.54, 1.807) is 42.5 Å². The zero-order valence-electron chi connectivity index (χ0n) is 27.2. The normalized spacial score (nSPS) is 12.5. The third kappa shape index (κ3) is 4.69. The van der Waals surface area contributed by atoms with E-state index in [-0.39, 0.29) is 28.3 Å². The summed E-state index contributed by atoms with van der Waals surface area (Å²) in [6, 6.07) is 50.3. The highest BCUT2D eigenvalue weighted by atomic mass is 16.3. The number of amides is 2. The van der Waals surface area contributed by atoms with E-state index in [2.05, 4.69) is 0 Å². The molecule has 0 fully saturated rings. The number of hydrogen-bond acceptors (Lipinski definition) is 4. The summed E-state index contributed by atoms with van der Waals surface area (Å²) in [5.74, 6) is -1.46. The number of para-hydroxylation sites is 2. The number of aromatic nitrogens is 1. The number of rotatable bonds is 6. The number of imide groups is 1. The third-order valence-electron chi connectivity index (χ3n) is 9.61. The first kappa shape index (κ1) is 30.0. The van der Waals surface area contributed by atoms with E-state index in [0.29, 0.717) is 27.9 Å². The van der Waals surface area contributed by atoms with Crippen LogP contribution in [0.2, 0.25) is 0 Å². The van der Waals surface area contributed by atoms with Gasteiger partial charge in [-0.25, -0.2) is 4.90 Å². The molecule has 0 spiro atoms. The van der Waals surface area contributed by atoms with Gasteiger partial charge in [0.25, 0.3) is 11.8 Å². The monoisotopic (exact) mass is 660 g/mol. The molecule has 1 aromatic heterocycles. The van der Waals surface area contributed by atoms with Crippen molar-refractivity contribution in [1.29, 1.82) is 0 Å². The van der Waals surface area contributed by atoms with Gasteiger partial charge in [-0.15, -0.1) is 0 Å². The maximum atomic E-state index is 14.8. The van der Waals surface area contributed by atoms with Crippen molar-refractivity contribution in [1.82, 2.24) is 4.57 Å². The van der Waals surface area contributed by atoms with E-state index in [4.69, 9.17) is 0 Å². The number of carbonyl (C=O) groups excluding carboxylic acids is 3. The quantitative estimate of drug-likeness (QED) is 0.142. The molecule has 6 heteroatoms. The van der Waals surface area contributed by atoms with Crippen LogP contribution in [0, 0.1) is 0 Å². The fourth-order valence-electron chi connectivity index (χ4n) is 7.34. The predicted octanol–water partition coefficient (Wildman–Crippen LogP) is 9.85. The zero-order chi connectivity index (χ0) is 34.6. The van der Waals surface area contributed by atoms with Gasteiger partial charge in [-0.05, 0) is 53.1 Å². The minimum absolute atomic E-state index is 0.111. The molecule has 0 aliphatic carbocycles. The van der Waals surface area contributed by atoms with Crippen molar-refractivity contribution in [2.75, 3.05) is 4.90 Å². The molecule has 1 aliphatic rings. The molecule has 1 N–H and O–H groups in total. The number of phenols is 1. The van der Waals surface area contributed by atoms with Crippen LogP contribution in [0.5, 0.6) is 5.75 Å². The topological polar surface area (TPSA) is 79.6 Å². The van der Waals surface area contributed by atoms with Crippen LogP contribution in [-0.2, 0) is 0 Å². The second-order valence-corrected chi connectivity index (χ2v) is 12.5. The van der Waals surface area contributed by atoms with Crippen LogP contribution >= 0.6 is 0 Å². The number of carbonyl (C=O) groups is 3. The van der Waals surface area contributed by atoms with Crippen molar-refractivity contribution in [3.63, 3.8) is 0 Å². The Morgan fingerprint density at radius 3 is 1.90 bits per heavy atom. The summed E-state index contributed by atoms with van der Waals surface area (Å²) in [4.78, 5) is 44.4. The van der Waals surface area contributed by atoms with Crippen LogP contribution < -0.4 is 4.90 Å². The van der Waals surface area contributed by atoms with E-state index in [9.17, 15) is 19.5 Å². The molecular weight excluding hydrogens is 633 g/mol. The number of ketones is 1. The lowest BCUT2D eigenvalue weighted by atomic mass is 9.96. The number of benzene rings is 7. The van der Waals surface area contributed by atoms with Crippen LogP contribution in [0.25, 0.3) is 49.7 Å². The SMILES string of the molecule is O=C(c1ccccc1)c1cccc2c3ccccc3n(-c3cccc4c3C(=O)N(c3c(O)cc(-c5ccccc5)cc3-c3ccccc3)C4=O)c12. The van der Waals surface area contributed by atoms with Crippen molar-refractivity contribution in [2.45, 2.75) is 0 Å². The molecule has 242 valence electrons. The highest BCUT2D eigenvalue weighted by Crippen LogP contribution is 2.46. The van der Waals surface area contributed by atoms with Gasteiger partial charge in [-0.1, -0.05) is 127 Å². The summed E-state index contributed by atoms with van der Waals surface area (Å²) < 4.78 is 1.92. The molecule has 0 radical (unpaired) electrons. The molecule has 8 aromatic rings. The average molecular weight is 661 g/mol. The van der Waals surface area contributed by atoms with Gasteiger partial charge in [0, 0.05) is 27.5 Å². The summed E-state index contributed by atoms with van der Waals surface area (Å²) in [5, 5.41) is 13.5. The maximum absolute atomic E-state index is 14.8. The van der Waals surface area contributed by atoms with Crippen LogP contribution in [0.1, 0.15) is 36.6 Å². The Balaban J connectivity index is 1.27. The van der Waals surface area contributed by atoms with Crippen molar-refractivity contribution >= 4 is 45.1 Å². The highest BCUT2D eigenvalue weighted by Gasteiger charge is 2.42. The Hall–Kier alpha value is -7.05. The Labute approximate surface area is 293 Å². The smallest absolute Gasteiger partial charge is 0.268 e. The Morgan fingerprint density at radius 2 is 1.16 bits per heavy atom. The molecule has 51 heavy (non-hydrogen) atoms. The molecule has 0 bridgehead atoms. The molecule has 7 aromatic carbocycles. The summed E-state index contributed by atoms with van der Waals surface area (Å²) in [6.07, 6.45) is 0. The number of aromatic hydroxyl groups is 1. The second kappa shape index (κ2) is 11.8. The standard InChI is InChI=1S/C45H28N2O4/c48-39-27-31(28-14-4-1-5-15-28)26-36(29-16-6-2-7-17-29)42(39)47-44(50)34-22-13-25-38(40(34)45(47)51)46-37-24-11-10-20-32(37)33-21-12-23-35(41(33)46)43(49)30-18-8-3-9-19-30/h1-27,48H. The summed E-state index contributed by atoms with van der Waals surface area (Å²) in [5.41, 5.74) is 6.33. The third-order valence-corrected chi connectivity index (χ3v) is 9.61. The lowest BCUT2D eigenvalue weighted by Gasteiger charge is -2.21. The van der Waals surface area contributed by atoms with Gasteiger partial charge in [-0.3, -0.25) is 14.4 Å². The Kier molecular flexibility index (Phi) is 6.97. The second-order valence-electron chi connectivity index (χ2n) is 12.5. The largest absolute Gasteiger partial charge is 0.506 e. The summed E-state index contributed by atoms with van der Waals surface area (Å²) >= 11 is 0. The van der Waals surface area contributed by atoms with Gasteiger partial charge in [0.1, 0.15) is 11.4 Å². The van der Waals surface area contributed by atoms with Gasteiger partial charge in [-0.2, -0.15) is 0 Å². The van der Waals surface area contributed by atoms with Gasteiger partial charge in [0.15, 0.2) is 5.78 Å². The predicted molar refractivity (Wildman–Crippen MR) is 201 cm³/mol. The highest BCUT2D eigenvalue weighted by molar-refractivity contribution is 6.37. The van der Waals surface area contributed by atoms with Gasteiger partial charge < -0.3 is 9.67 Å². The number of phenolic OH excluding ortho intramolecular Hbond substituents is 1. The fourth-order valence-corrected chi connectivity index (χ4v) is 7.34. The Bertz CT molecular complexity index is 2700. The molecule has 1 aliphatic heterocycles. The summed E-state index contributed by atoms with van der Waals surface area (Å²) in [7, 11) is 0. The molecule has 0 atom stereocenters. The lowest BCUT2D eigenvalue weighted by molar-refractivity contribution is 0.0924. The van der Waals surface area contributed by atoms with Crippen LogP contribution in [-0.4, -0.2) is 27.3 Å². The van der Waals surface area contributed by atoms with E-state index in [0.717, 1.165) is 37.9 Å². The molecule has 0 saturated heterocycles. The first-order valence-corrected chi connectivity index (χ1v) is 16.6. The first-order valence-electron chi connectivity index (χ1n) is 16.6. The zero-order valence-corrected chi connectivity index (χ0v) is 27.2. The number of anilines is 1. The Morgan fingerprint density at radius 1 is 0.529 bits per heavy atom. The van der Waals surface area contributed by atoms with Gasteiger partial charge in [0.2, 0.25) is 0 Å². The van der Waals surface area contributed by atoms with Crippen molar-refractivity contribution in [3.05, 3.63) is 186 Å². The molecular formula is C45H28N2O4. The molecule has 6 nitrogen and oxygen atoms in total. The molecule has 9 rings (SSSR count). The van der Waals surface area contributed by atoms with Crippen molar-refractivity contribution in [3.8, 4) is 33.7 Å². The maximum Gasteiger partial charge on any atom is 0.268 e. The van der Waals surface area contributed by atoms with E-state index in [1.165, 1.54) is 0 Å². The molecule has 2 amide bonds. The van der Waals surface area contributed by atoms with Crippen LogP contribution in [0.3, 0.4) is 0 Å². The summed E-state index contributed by atoms with van der Waals surface area (Å²) in [6.45, 7) is 0. The molecule has 0 saturated carbocycles. The number of hydrogen-bond donors (Lipinski definition) is 1. The number of nitrogens with zero attached hydrogens (tertiary/aromatic N) is 2. The van der Waals surface area contributed by atoms with Gasteiger partial charge in [0.05, 0.1) is 27.8 Å². The average Bonchev–Trinajstić information content (AvgIpc) is 3.66. The van der Waals surface area contributed by atoms with Crippen molar-refractivity contribution in [2.24, 2.45) is 0 Å². The molecule has 0 unspecified atom stereocenters. The first-order chi connectivity index (χ1) is 25.0.